The highest BCUT2D eigenvalue weighted by Crippen LogP contribution is 2.07. The van der Waals surface area contributed by atoms with Crippen molar-refractivity contribution in [2.45, 2.75) is 26.4 Å². The summed E-state index contributed by atoms with van der Waals surface area (Å²) in [5, 5.41) is 19.8. The van der Waals surface area contributed by atoms with Crippen LogP contribution in [0.5, 0.6) is 0 Å². The summed E-state index contributed by atoms with van der Waals surface area (Å²) in [6, 6.07) is 1.68. The van der Waals surface area contributed by atoms with Gasteiger partial charge in [0.05, 0.1) is 17.8 Å². The molecule has 0 saturated heterocycles. The Bertz CT molecular complexity index is 673. The van der Waals surface area contributed by atoms with Gasteiger partial charge in [-0.3, -0.25) is 14.2 Å². The normalized spacial score (nSPS) is 12.1. The lowest BCUT2D eigenvalue weighted by Gasteiger charge is -2.13. The Balaban J connectivity index is 2.05. The summed E-state index contributed by atoms with van der Waals surface area (Å²) in [7, 11) is 1.57. The average molecular weight is 291 g/mol. The molecule has 21 heavy (non-hydrogen) atoms. The fourth-order valence-corrected chi connectivity index (χ4v) is 2.01. The number of rotatable bonds is 5. The lowest BCUT2D eigenvalue weighted by atomic mass is 10.2. The molecule has 0 aliphatic rings. The van der Waals surface area contributed by atoms with E-state index in [9.17, 15) is 9.59 Å². The predicted molar refractivity (Wildman–Crippen MR) is 74.1 cm³/mol. The van der Waals surface area contributed by atoms with Crippen LogP contribution in [-0.4, -0.2) is 42.6 Å². The van der Waals surface area contributed by atoms with E-state index in [1.54, 1.807) is 11.7 Å². The summed E-state index contributed by atoms with van der Waals surface area (Å²) < 4.78 is 3.03. The maximum absolute atomic E-state index is 12.1. The number of aromatic nitrogens is 4. The monoisotopic (exact) mass is 291 g/mol. The van der Waals surface area contributed by atoms with E-state index in [2.05, 4.69) is 15.5 Å². The van der Waals surface area contributed by atoms with Crippen LogP contribution in [0.2, 0.25) is 0 Å². The van der Waals surface area contributed by atoms with Crippen LogP contribution in [0.4, 0.5) is 0 Å². The Kier molecular flexibility index (Phi) is 4.06. The number of carbonyl (C=O) groups is 2. The largest absolute Gasteiger partial charge is 0.476 e. The predicted octanol–water partition coefficient (Wildman–Crippen LogP) is 0.442. The summed E-state index contributed by atoms with van der Waals surface area (Å²) >= 11 is 0. The van der Waals surface area contributed by atoms with Gasteiger partial charge in [0.15, 0.2) is 5.69 Å². The highest BCUT2D eigenvalue weighted by molar-refractivity contribution is 6.03. The van der Waals surface area contributed by atoms with Gasteiger partial charge >= 0.3 is 5.97 Å². The Morgan fingerprint density at radius 2 is 2.14 bits per heavy atom. The van der Waals surface area contributed by atoms with E-state index in [-0.39, 0.29) is 17.3 Å². The molecular formula is C13H17N5O3. The molecule has 0 spiro atoms. The van der Waals surface area contributed by atoms with Crippen molar-refractivity contribution in [3.63, 3.8) is 0 Å². The van der Waals surface area contributed by atoms with E-state index >= 15 is 0 Å². The molecule has 2 rings (SSSR count). The van der Waals surface area contributed by atoms with Crippen molar-refractivity contribution in [2.24, 2.45) is 7.05 Å². The maximum Gasteiger partial charge on any atom is 0.357 e. The van der Waals surface area contributed by atoms with E-state index in [0.717, 1.165) is 5.69 Å². The van der Waals surface area contributed by atoms with E-state index in [4.69, 9.17) is 5.11 Å². The first-order valence-electron chi connectivity index (χ1n) is 6.44. The first-order chi connectivity index (χ1) is 9.86. The molecule has 0 radical (unpaired) electrons. The van der Waals surface area contributed by atoms with Crippen LogP contribution in [0.15, 0.2) is 18.5 Å². The molecule has 2 aromatic heterocycles. The maximum atomic E-state index is 12.1. The van der Waals surface area contributed by atoms with Gasteiger partial charge in [-0.2, -0.15) is 10.2 Å². The van der Waals surface area contributed by atoms with Gasteiger partial charge < -0.3 is 10.4 Å². The summed E-state index contributed by atoms with van der Waals surface area (Å²) in [5.74, 6) is -1.69. The Labute approximate surface area is 121 Å². The molecule has 0 aliphatic heterocycles. The SMILES string of the molecule is Cc1ccn(CC(C)NC(=O)c2cn(C)nc2C(=O)O)n1. The second-order valence-corrected chi connectivity index (χ2v) is 4.92. The van der Waals surface area contributed by atoms with Crippen LogP contribution in [0.1, 0.15) is 33.5 Å². The molecule has 2 heterocycles. The summed E-state index contributed by atoms with van der Waals surface area (Å²) in [6.45, 7) is 4.21. The molecule has 1 amide bonds. The minimum Gasteiger partial charge on any atom is -0.476 e. The standard InChI is InChI=1S/C13H17N5O3/c1-8-4-5-18(15-8)6-9(2)14-12(19)10-7-17(3)16-11(10)13(20)21/h4-5,7,9H,6H2,1-3H3,(H,14,19)(H,20,21). The molecule has 0 bridgehead atoms. The van der Waals surface area contributed by atoms with E-state index < -0.39 is 11.9 Å². The number of carboxylic acids is 1. The Morgan fingerprint density at radius 3 is 2.71 bits per heavy atom. The fraction of sp³-hybridized carbons (Fsp3) is 0.385. The number of hydrogen-bond acceptors (Lipinski definition) is 4. The van der Waals surface area contributed by atoms with Crippen molar-refractivity contribution in [3.05, 3.63) is 35.4 Å². The second kappa shape index (κ2) is 5.78. The minimum atomic E-state index is -1.23. The third-order valence-electron chi connectivity index (χ3n) is 2.89. The quantitative estimate of drug-likeness (QED) is 0.832. The number of amides is 1. The molecule has 0 fully saturated rings. The van der Waals surface area contributed by atoms with Crippen LogP contribution < -0.4 is 5.32 Å². The van der Waals surface area contributed by atoms with Gasteiger partial charge in [-0.15, -0.1) is 0 Å². The highest BCUT2D eigenvalue weighted by Gasteiger charge is 2.22. The highest BCUT2D eigenvalue weighted by atomic mass is 16.4. The van der Waals surface area contributed by atoms with Crippen LogP contribution in [0.3, 0.4) is 0 Å². The molecule has 112 valence electrons. The number of aryl methyl sites for hydroxylation is 2. The van der Waals surface area contributed by atoms with Gasteiger partial charge in [0, 0.05) is 25.5 Å². The molecule has 0 aromatic carbocycles. The number of nitrogens with one attached hydrogen (secondary N) is 1. The average Bonchev–Trinajstić information content (AvgIpc) is 2.95. The zero-order chi connectivity index (χ0) is 15.6. The van der Waals surface area contributed by atoms with Crippen LogP contribution >= 0.6 is 0 Å². The van der Waals surface area contributed by atoms with Gasteiger partial charge in [0.2, 0.25) is 0 Å². The van der Waals surface area contributed by atoms with Crippen molar-refractivity contribution in [1.29, 1.82) is 0 Å². The number of hydrogen-bond donors (Lipinski definition) is 2. The van der Waals surface area contributed by atoms with Crippen LogP contribution in [-0.2, 0) is 13.6 Å². The summed E-state index contributed by atoms with van der Waals surface area (Å²) in [4.78, 5) is 23.2. The molecule has 8 nitrogen and oxygen atoms in total. The number of carboxylic acid groups (broad SMARTS) is 1. The number of aromatic carboxylic acids is 1. The number of carbonyl (C=O) groups excluding carboxylic acids is 1. The van der Waals surface area contributed by atoms with Gasteiger partial charge in [-0.1, -0.05) is 0 Å². The van der Waals surface area contributed by atoms with Crippen molar-refractivity contribution >= 4 is 11.9 Å². The van der Waals surface area contributed by atoms with Crippen LogP contribution in [0, 0.1) is 6.92 Å². The Morgan fingerprint density at radius 1 is 1.43 bits per heavy atom. The minimum absolute atomic E-state index is 0.0495. The van der Waals surface area contributed by atoms with E-state index in [1.807, 2.05) is 26.1 Å². The van der Waals surface area contributed by atoms with Crippen molar-refractivity contribution < 1.29 is 14.7 Å². The molecular weight excluding hydrogens is 274 g/mol. The van der Waals surface area contributed by atoms with Gasteiger partial charge in [0.1, 0.15) is 0 Å². The summed E-state index contributed by atoms with van der Waals surface area (Å²) in [5.41, 5.74) is 0.694. The lowest BCUT2D eigenvalue weighted by molar-refractivity contribution is 0.0683. The third kappa shape index (κ3) is 3.47. The number of nitrogens with zero attached hydrogens (tertiary/aromatic N) is 4. The van der Waals surface area contributed by atoms with Crippen molar-refractivity contribution in [1.82, 2.24) is 24.9 Å². The lowest BCUT2D eigenvalue weighted by Crippen LogP contribution is -2.36. The zero-order valence-corrected chi connectivity index (χ0v) is 12.1. The molecule has 8 heteroatoms. The van der Waals surface area contributed by atoms with E-state index in [1.165, 1.54) is 10.9 Å². The second-order valence-electron chi connectivity index (χ2n) is 4.92. The van der Waals surface area contributed by atoms with Gasteiger partial charge in [0.25, 0.3) is 5.91 Å². The zero-order valence-electron chi connectivity index (χ0n) is 12.1. The van der Waals surface area contributed by atoms with Crippen molar-refractivity contribution in [3.8, 4) is 0 Å². The van der Waals surface area contributed by atoms with Gasteiger partial charge in [-0.05, 0) is 19.9 Å². The topological polar surface area (TPSA) is 102 Å². The third-order valence-corrected chi connectivity index (χ3v) is 2.89. The first-order valence-corrected chi connectivity index (χ1v) is 6.44. The molecule has 1 unspecified atom stereocenters. The van der Waals surface area contributed by atoms with Gasteiger partial charge in [-0.25, -0.2) is 4.79 Å². The fourth-order valence-electron chi connectivity index (χ4n) is 2.01. The van der Waals surface area contributed by atoms with E-state index in [0.29, 0.717) is 6.54 Å². The van der Waals surface area contributed by atoms with Crippen molar-refractivity contribution in [2.75, 3.05) is 0 Å². The first kappa shape index (κ1) is 14.8. The molecule has 2 N–H and O–H groups in total. The smallest absolute Gasteiger partial charge is 0.357 e. The molecule has 0 aliphatic carbocycles. The van der Waals surface area contributed by atoms with Crippen LogP contribution in [0.25, 0.3) is 0 Å². The molecule has 1 atom stereocenters. The molecule has 0 saturated carbocycles. The molecule has 2 aromatic rings. The summed E-state index contributed by atoms with van der Waals surface area (Å²) in [6.07, 6.45) is 3.22. The Hall–Kier alpha value is -2.64.